The van der Waals surface area contributed by atoms with Crippen LogP contribution >= 0.6 is 0 Å². The van der Waals surface area contributed by atoms with Crippen molar-refractivity contribution in [2.24, 2.45) is 23.9 Å². The first-order chi connectivity index (χ1) is 8.97. The van der Waals surface area contributed by atoms with E-state index in [2.05, 4.69) is 29.0 Å². The molecular weight excluding hydrogens is 242 g/mol. The van der Waals surface area contributed by atoms with E-state index in [0.717, 1.165) is 30.0 Å². The van der Waals surface area contributed by atoms with E-state index in [1.54, 1.807) is 0 Å². The molecule has 1 aromatic heterocycles. The van der Waals surface area contributed by atoms with E-state index in [-0.39, 0.29) is 5.84 Å². The molecule has 2 rings (SSSR count). The molecule has 2 heterocycles. The molecule has 0 aromatic carbocycles. The fraction of sp³-hybridized carbons (Fsp3) is 0.692. The fourth-order valence-corrected chi connectivity index (χ4v) is 2.96. The molecule has 1 aromatic rings. The molecule has 6 nitrogen and oxygen atoms in total. The Labute approximate surface area is 113 Å². The van der Waals surface area contributed by atoms with E-state index in [1.165, 1.54) is 6.42 Å². The molecule has 106 valence electrons. The molecule has 19 heavy (non-hydrogen) atoms. The minimum absolute atomic E-state index is 0.131. The lowest BCUT2D eigenvalue weighted by Crippen LogP contribution is -2.44. The van der Waals surface area contributed by atoms with Crippen LogP contribution in [0, 0.1) is 12.8 Å². The summed E-state index contributed by atoms with van der Waals surface area (Å²) in [4.78, 5) is 2.32. The smallest absolute Gasteiger partial charge is 0.175 e. The van der Waals surface area contributed by atoms with Crippen molar-refractivity contribution in [2.45, 2.75) is 39.7 Å². The topological polar surface area (TPSA) is 79.7 Å². The Bertz CT molecular complexity index is 493. The number of hydrogen-bond donors (Lipinski definition) is 2. The predicted molar refractivity (Wildman–Crippen MR) is 75.7 cm³/mol. The zero-order valence-corrected chi connectivity index (χ0v) is 12.1. The zero-order valence-electron chi connectivity index (χ0n) is 12.1. The first kappa shape index (κ1) is 13.7. The number of hydrogen-bond acceptors (Lipinski definition) is 4. The highest BCUT2D eigenvalue weighted by Gasteiger charge is 2.30. The molecule has 0 saturated carbocycles. The number of aromatic nitrogens is 2. The quantitative estimate of drug-likeness (QED) is 0.367. The van der Waals surface area contributed by atoms with Crippen LogP contribution in [0.1, 0.15) is 37.9 Å². The van der Waals surface area contributed by atoms with Crippen molar-refractivity contribution >= 4 is 11.7 Å². The van der Waals surface area contributed by atoms with E-state index in [9.17, 15) is 0 Å². The van der Waals surface area contributed by atoms with Crippen molar-refractivity contribution in [3.05, 3.63) is 11.3 Å². The van der Waals surface area contributed by atoms with Gasteiger partial charge in [-0.15, -0.1) is 0 Å². The molecule has 0 aliphatic carbocycles. The Hall–Kier alpha value is -1.72. The summed E-state index contributed by atoms with van der Waals surface area (Å²) in [5.74, 6) is 1.71. The molecule has 1 aliphatic heterocycles. The maximum Gasteiger partial charge on any atom is 0.175 e. The third-order valence-corrected chi connectivity index (χ3v) is 4.20. The highest BCUT2D eigenvalue weighted by Crippen LogP contribution is 2.31. The van der Waals surface area contributed by atoms with Gasteiger partial charge in [-0.3, -0.25) is 4.68 Å². The van der Waals surface area contributed by atoms with Crippen molar-refractivity contribution < 1.29 is 5.21 Å². The molecule has 1 fully saturated rings. The molecular formula is C13H23N5O. The van der Waals surface area contributed by atoms with Crippen LogP contribution in [0.15, 0.2) is 5.16 Å². The number of amidine groups is 1. The summed E-state index contributed by atoms with van der Waals surface area (Å²) < 4.78 is 1.83. The molecule has 3 N–H and O–H groups in total. The summed E-state index contributed by atoms with van der Waals surface area (Å²) in [6, 6.07) is 0.425. The molecule has 0 spiro atoms. The van der Waals surface area contributed by atoms with Crippen LogP contribution in [-0.4, -0.2) is 33.4 Å². The first-order valence-electron chi connectivity index (χ1n) is 6.75. The highest BCUT2D eigenvalue weighted by molar-refractivity contribution is 6.02. The monoisotopic (exact) mass is 265 g/mol. The second-order valence-corrected chi connectivity index (χ2v) is 5.45. The molecule has 0 amide bonds. The molecule has 6 heteroatoms. The average Bonchev–Trinajstić information content (AvgIpc) is 2.67. The van der Waals surface area contributed by atoms with Crippen molar-refractivity contribution in [1.29, 1.82) is 0 Å². The second kappa shape index (κ2) is 5.11. The van der Waals surface area contributed by atoms with E-state index in [1.807, 2.05) is 18.7 Å². The maximum atomic E-state index is 8.97. The Morgan fingerprint density at radius 3 is 2.79 bits per heavy atom. The van der Waals surface area contributed by atoms with Crippen molar-refractivity contribution in [2.75, 3.05) is 11.4 Å². The maximum absolute atomic E-state index is 8.97. The Balaban J connectivity index is 2.49. The Morgan fingerprint density at radius 1 is 1.47 bits per heavy atom. The van der Waals surface area contributed by atoms with Gasteiger partial charge in [-0.1, -0.05) is 12.1 Å². The lowest BCUT2D eigenvalue weighted by atomic mass is 9.92. The molecule has 2 unspecified atom stereocenters. The van der Waals surface area contributed by atoms with E-state index >= 15 is 0 Å². The van der Waals surface area contributed by atoms with Crippen LogP contribution in [-0.2, 0) is 7.05 Å². The molecule has 1 saturated heterocycles. The molecule has 0 bridgehead atoms. The van der Waals surface area contributed by atoms with E-state index in [4.69, 9.17) is 10.9 Å². The Kier molecular flexibility index (Phi) is 3.68. The van der Waals surface area contributed by atoms with Gasteiger partial charge in [-0.05, 0) is 32.6 Å². The number of aryl methyl sites for hydroxylation is 2. The SMILES string of the molecule is Cc1nn(C)c(N2CCCC(C)C2C)c1C(N)=NO. The third kappa shape index (κ3) is 2.27. The number of nitrogens with two attached hydrogens (primary N) is 1. The van der Waals surface area contributed by atoms with Crippen molar-refractivity contribution in [3.63, 3.8) is 0 Å². The van der Waals surface area contributed by atoms with Crippen LogP contribution in [0.3, 0.4) is 0 Å². The van der Waals surface area contributed by atoms with Gasteiger partial charge < -0.3 is 15.8 Å². The van der Waals surface area contributed by atoms with Crippen LogP contribution in [0.5, 0.6) is 0 Å². The molecule has 2 atom stereocenters. The number of nitrogens with zero attached hydrogens (tertiary/aromatic N) is 4. The average molecular weight is 265 g/mol. The summed E-state index contributed by atoms with van der Waals surface area (Å²) >= 11 is 0. The lowest BCUT2D eigenvalue weighted by Gasteiger charge is -2.39. The second-order valence-electron chi connectivity index (χ2n) is 5.45. The van der Waals surface area contributed by atoms with Gasteiger partial charge in [0.25, 0.3) is 0 Å². The number of anilines is 1. The minimum atomic E-state index is 0.131. The molecule has 1 aliphatic rings. The zero-order chi connectivity index (χ0) is 14.2. The van der Waals surface area contributed by atoms with Gasteiger partial charge in [0.2, 0.25) is 0 Å². The molecule has 0 radical (unpaired) electrons. The Morgan fingerprint density at radius 2 is 2.16 bits per heavy atom. The van der Waals surface area contributed by atoms with Gasteiger partial charge >= 0.3 is 0 Å². The number of piperidine rings is 1. The van der Waals surface area contributed by atoms with Gasteiger partial charge in [0.05, 0.1) is 11.3 Å². The van der Waals surface area contributed by atoms with Gasteiger partial charge in [0.1, 0.15) is 5.82 Å². The highest BCUT2D eigenvalue weighted by atomic mass is 16.4. The number of oxime groups is 1. The minimum Gasteiger partial charge on any atom is -0.409 e. The third-order valence-electron chi connectivity index (χ3n) is 4.20. The van der Waals surface area contributed by atoms with Gasteiger partial charge in [0.15, 0.2) is 5.84 Å². The summed E-state index contributed by atoms with van der Waals surface area (Å²) in [7, 11) is 1.91. The largest absolute Gasteiger partial charge is 0.409 e. The van der Waals surface area contributed by atoms with Crippen molar-refractivity contribution in [1.82, 2.24) is 9.78 Å². The normalized spacial score (nSPS) is 24.8. The van der Waals surface area contributed by atoms with Gasteiger partial charge in [0, 0.05) is 19.6 Å². The van der Waals surface area contributed by atoms with Gasteiger partial charge in [-0.2, -0.15) is 5.10 Å². The lowest BCUT2D eigenvalue weighted by molar-refractivity contribution is 0.318. The van der Waals surface area contributed by atoms with Crippen LogP contribution < -0.4 is 10.6 Å². The fourth-order valence-electron chi connectivity index (χ4n) is 2.96. The standard InChI is InChI=1S/C13H23N5O/c1-8-6-5-7-18(10(8)3)13-11(12(14)16-19)9(2)15-17(13)4/h8,10,19H,5-7H2,1-4H3,(H2,14,16). The number of rotatable bonds is 2. The van der Waals surface area contributed by atoms with Crippen LogP contribution in [0.4, 0.5) is 5.82 Å². The van der Waals surface area contributed by atoms with Crippen LogP contribution in [0.2, 0.25) is 0 Å². The van der Waals surface area contributed by atoms with Gasteiger partial charge in [-0.25, -0.2) is 0 Å². The summed E-state index contributed by atoms with van der Waals surface area (Å²) in [5.41, 5.74) is 7.35. The summed E-state index contributed by atoms with van der Waals surface area (Å²) in [5, 5.41) is 16.5. The van der Waals surface area contributed by atoms with E-state index in [0.29, 0.717) is 12.0 Å². The summed E-state index contributed by atoms with van der Waals surface area (Å²) in [6.45, 7) is 7.36. The van der Waals surface area contributed by atoms with Crippen molar-refractivity contribution in [3.8, 4) is 0 Å². The van der Waals surface area contributed by atoms with Crippen LogP contribution in [0.25, 0.3) is 0 Å². The predicted octanol–water partition coefficient (Wildman–Crippen LogP) is 1.45. The summed E-state index contributed by atoms with van der Waals surface area (Å²) in [6.07, 6.45) is 2.40. The van der Waals surface area contributed by atoms with E-state index < -0.39 is 0 Å². The first-order valence-corrected chi connectivity index (χ1v) is 6.75.